The molecule has 0 radical (unpaired) electrons. The van der Waals surface area contributed by atoms with Gasteiger partial charge in [0.05, 0.1) is 0 Å². The van der Waals surface area contributed by atoms with Gasteiger partial charge in [-0.05, 0) is 37.8 Å². The van der Waals surface area contributed by atoms with Crippen molar-refractivity contribution in [3.8, 4) is 0 Å². The highest BCUT2D eigenvalue weighted by molar-refractivity contribution is 5.93. The van der Waals surface area contributed by atoms with E-state index in [1.807, 2.05) is 12.1 Å². The van der Waals surface area contributed by atoms with E-state index in [0.29, 0.717) is 17.8 Å². The zero-order valence-electron chi connectivity index (χ0n) is 9.07. The van der Waals surface area contributed by atoms with Crippen LogP contribution < -0.4 is 10.6 Å². The Kier molecular flexibility index (Phi) is 2.27. The summed E-state index contributed by atoms with van der Waals surface area (Å²) < 4.78 is 0. The fraction of sp³-hybridized carbons (Fsp3) is 0.500. The average molecular weight is 217 g/mol. The van der Waals surface area contributed by atoms with Gasteiger partial charge in [0.15, 0.2) is 0 Å². The highest BCUT2D eigenvalue weighted by Crippen LogP contribution is 2.24. The van der Waals surface area contributed by atoms with Gasteiger partial charge in [0.1, 0.15) is 11.5 Å². The van der Waals surface area contributed by atoms with Gasteiger partial charge in [-0.1, -0.05) is 6.07 Å². The number of nitrogens with one attached hydrogen (secondary N) is 2. The summed E-state index contributed by atoms with van der Waals surface area (Å²) in [5.41, 5.74) is 0.512. The molecule has 2 N–H and O–H groups in total. The average Bonchev–Trinajstić information content (AvgIpc) is 3.14. The van der Waals surface area contributed by atoms with Crippen LogP contribution in [-0.4, -0.2) is 23.0 Å². The van der Waals surface area contributed by atoms with Crippen molar-refractivity contribution >= 4 is 11.7 Å². The Bertz CT molecular complexity index is 410. The van der Waals surface area contributed by atoms with Crippen molar-refractivity contribution in [2.45, 2.75) is 37.8 Å². The third-order valence-corrected chi connectivity index (χ3v) is 2.82. The van der Waals surface area contributed by atoms with Crippen LogP contribution in [0.4, 0.5) is 5.82 Å². The van der Waals surface area contributed by atoms with E-state index in [1.165, 1.54) is 12.8 Å². The van der Waals surface area contributed by atoms with Crippen molar-refractivity contribution in [2.24, 2.45) is 0 Å². The Balaban J connectivity index is 1.69. The van der Waals surface area contributed by atoms with Crippen LogP contribution in [0.1, 0.15) is 36.2 Å². The van der Waals surface area contributed by atoms with Gasteiger partial charge in [-0.25, -0.2) is 4.98 Å². The standard InChI is InChI=1S/C12H15N3O/c16-12(14-9-6-7-9)10-2-1-3-11(15-10)13-8-4-5-8/h1-3,8-9H,4-7H2,(H,13,15)(H,14,16). The van der Waals surface area contributed by atoms with Gasteiger partial charge in [0, 0.05) is 12.1 Å². The molecule has 0 unspecified atom stereocenters. The molecule has 2 aliphatic rings. The second kappa shape index (κ2) is 3.77. The Morgan fingerprint density at radius 2 is 1.94 bits per heavy atom. The minimum atomic E-state index is -0.0538. The molecule has 16 heavy (non-hydrogen) atoms. The zero-order chi connectivity index (χ0) is 11.0. The van der Waals surface area contributed by atoms with Crippen molar-refractivity contribution < 1.29 is 4.79 Å². The van der Waals surface area contributed by atoms with E-state index in [9.17, 15) is 4.79 Å². The largest absolute Gasteiger partial charge is 0.367 e. The number of hydrogen-bond acceptors (Lipinski definition) is 3. The van der Waals surface area contributed by atoms with Gasteiger partial charge in [-0.15, -0.1) is 0 Å². The monoisotopic (exact) mass is 217 g/mol. The predicted octanol–water partition coefficient (Wildman–Crippen LogP) is 1.55. The van der Waals surface area contributed by atoms with Gasteiger partial charge in [0.25, 0.3) is 5.91 Å². The van der Waals surface area contributed by atoms with Gasteiger partial charge in [-0.3, -0.25) is 4.79 Å². The SMILES string of the molecule is O=C(NC1CC1)c1cccc(NC2CC2)n1. The third-order valence-electron chi connectivity index (χ3n) is 2.82. The van der Waals surface area contributed by atoms with Gasteiger partial charge in [-0.2, -0.15) is 0 Å². The quantitative estimate of drug-likeness (QED) is 0.804. The summed E-state index contributed by atoms with van der Waals surface area (Å²) in [5.74, 6) is 0.757. The van der Waals surface area contributed by atoms with Crippen LogP contribution in [0.25, 0.3) is 0 Å². The predicted molar refractivity (Wildman–Crippen MR) is 61.4 cm³/mol. The van der Waals surface area contributed by atoms with Crippen LogP contribution in [0.5, 0.6) is 0 Å². The molecule has 4 heteroatoms. The van der Waals surface area contributed by atoms with E-state index in [0.717, 1.165) is 18.7 Å². The molecule has 1 aromatic heterocycles. The van der Waals surface area contributed by atoms with E-state index in [1.54, 1.807) is 6.07 Å². The molecule has 2 aliphatic carbocycles. The number of rotatable bonds is 4. The lowest BCUT2D eigenvalue weighted by Gasteiger charge is -2.06. The molecule has 2 saturated carbocycles. The molecule has 0 bridgehead atoms. The Hall–Kier alpha value is -1.58. The number of anilines is 1. The first-order valence-electron chi connectivity index (χ1n) is 5.86. The Labute approximate surface area is 94.5 Å². The van der Waals surface area contributed by atoms with Gasteiger partial charge < -0.3 is 10.6 Å². The van der Waals surface area contributed by atoms with E-state index >= 15 is 0 Å². The molecule has 0 aromatic carbocycles. The summed E-state index contributed by atoms with van der Waals surface area (Å²) in [4.78, 5) is 16.1. The first-order valence-corrected chi connectivity index (χ1v) is 5.86. The molecule has 0 saturated heterocycles. The maximum absolute atomic E-state index is 11.7. The Morgan fingerprint density at radius 3 is 2.62 bits per heavy atom. The van der Waals surface area contributed by atoms with Crippen molar-refractivity contribution in [1.29, 1.82) is 0 Å². The second-order valence-electron chi connectivity index (χ2n) is 4.57. The fourth-order valence-electron chi connectivity index (χ4n) is 1.57. The topological polar surface area (TPSA) is 54.0 Å². The van der Waals surface area contributed by atoms with Crippen LogP contribution in [0, 0.1) is 0 Å². The first kappa shape index (κ1) is 9.63. The van der Waals surface area contributed by atoms with Crippen LogP contribution in [0.2, 0.25) is 0 Å². The number of pyridine rings is 1. The molecule has 3 rings (SSSR count). The molecule has 4 nitrogen and oxygen atoms in total. The summed E-state index contributed by atoms with van der Waals surface area (Å²) in [6, 6.07) is 6.49. The number of amides is 1. The summed E-state index contributed by atoms with van der Waals surface area (Å²) in [5, 5.41) is 6.23. The maximum atomic E-state index is 11.7. The summed E-state index contributed by atoms with van der Waals surface area (Å²) in [6.07, 6.45) is 4.62. The molecule has 1 amide bonds. The number of aromatic nitrogens is 1. The molecule has 0 atom stereocenters. The minimum Gasteiger partial charge on any atom is -0.367 e. The molecule has 2 fully saturated rings. The van der Waals surface area contributed by atoms with E-state index in [-0.39, 0.29) is 5.91 Å². The first-order chi connectivity index (χ1) is 7.81. The molecule has 1 aromatic rings. The van der Waals surface area contributed by atoms with E-state index in [4.69, 9.17) is 0 Å². The normalized spacial score (nSPS) is 19.2. The number of nitrogens with zero attached hydrogens (tertiary/aromatic N) is 1. The van der Waals surface area contributed by atoms with Crippen molar-refractivity contribution in [2.75, 3.05) is 5.32 Å². The van der Waals surface area contributed by atoms with E-state index in [2.05, 4.69) is 15.6 Å². The molecule has 0 aliphatic heterocycles. The highest BCUT2D eigenvalue weighted by Gasteiger charge is 2.25. The summed E-state index contributed by atoms with van der Waals surface area (Å²) in [7, 11) is 0. The van der Waals surface area contributed by atoms with Crippen molar-refractivity contribution in [1.82, 2.24) is 10.3 Å². The van der Waals surface area contributed by atoms with Crippen molar-refractivity contribution in [3.05, 3.63) is 23.9 Å². The summed E-state index contributed by atoms with van der Waals surface area (Å²) >= 11 is 0. The van der Waals surface area contributed by atoms with Crippen molar-refractivity contribution in [3.63, 3.8) is 0 Å². The van der Waals surface area contributed by atoms with Crippen LogP contribution >= 0.6 is 0 Å². The smallest absolute Gasteiger partial charge is 0.270 e. The number of carbonyl (C=O) groups is 1. The fourth-order valence-corrected chi connectivity index (χ4v) is 1.57. The lowest BCUT2D eigenvalue weighted by atomic mass is 10.3. The minimum absolute atomic E-state index is 0.0538. The van der Waals surface area contributed by atoms with Crippen LogP contribution in [0.15, 0.2) is 18.2 Å². The molecular formula is C12H15N3O. The zero-order valence-corrected chi connectivity index (χ0v) is 9.07. The second-order valence-corrected chi connectivity index (χ2v) is 4.57. The Morgan fingerprint density at radius 1 is 1.19 bits per heavy atom. The van der Waals surface area contributed by atoms with Crippen LogP contribution in [-0.2, 0) is 0 Å². The van der Waals surface area contributed by atoms with Crippen LogP contribution in [0.3, 0.4) is 0 Å². The van der Waals surface area contributed by atoms with Gasteiger partial charge in [0.2, 0.25) is 0 Å². The lowest BCUT2D eigenvalue weighted by molar-refractivity contribution is 0.0946. The van der Waals surface area contributed by atoms with Gasteiger partial charge >= 0.3 is 0 Å². The third kappa shape index (κ3) is 2.32. The highest BCUT2D eigenvalue weighted by atomic mass is 16.2. The molecule has 1 heterocycles. The lowest BCUT2D eigenvalue weighted by Crippen LogP contribution is -2.26. The molecular weight excluding hydrogens is 202 g/mol. The maximum Gasteiger partial charge on any atom is 0.270 e. The van der Waals surface area contributed by atoms with E-state index < -0.39 is 0 Å². The number of carbonyl (C=O) groups excluding carboxylic acids is 1. The molecule has 84 valence electrons. The molecule has 0 spiro atoms. The summed E-state index contributed by atoms with van der Waals surface area (Å²) in [6.45, 7) is 0. The number of hydrogen-bond donors (Lipinski definition) is 2.